The molecule has 3 heteroatoms. The van der Waals surface area contributed by atoms with Gasteiger partial charge in [0.05, 0.1) is 12.7 Å². The second-order valence-electron chi connectivity index (χ2n) is 4.82. The van der Waals surface area contributed by atoms with Gasteiger partial charge in [0.1, 0.15) is 0 Å². The van der Waals surface area contributed by atoms with Gasteiger partial charge >= 0.3 is 0 Å². The highest BCUT2D eigenvalue weighted by Gasteiger charge is 2.23. The minimum atomic E-state index is -0.112. The molecule has 1 aliphatic heterocycles. The third-order valence-electron chi connectivity index (χ3n) is 3.23. The number of likely N-dealkylation sites (N-methyl/N-ethyl adjacent to an activating group) is 1. The lowest BCUT2D eigenvalue weighted by Crippen LogP contribution is -2.45. The molecule has 1 atom stereocenters. The van der Waals surface area contributed by atoms with Crippen LogP contribution in [-0.2, 0) is 4.74 Å². The van der Waals surface area contributed by atoms with Gasteiger partial charge in [-0.3, -0.25) is 4.90 Å². The first-order valence-electron chi connectivity index (χ1n) is 5.50. The lowest BCUT2D eigenvalue weighted by molar-refractivity contribution is 0.0517. The van der Waals surface area contributed by atoms with Crippen molar-refractivity contribution in [3.05, 3.63) is 0 Å². The highest BCUT2D eigenvalue weighted by atomic mass is 16.5. The Bertz CT molecular complexity index is 165. The molecule has 14 heavy (non-hydrogen) atoms. The Morgan fingerprint density at radius 2 is 2.21 bits per heavy atom. The van der Waals surface area contributed by atoms with E-state index in [-0.39, 0.29) is 12.1 Å². The summed E-state index contributed by atoms with van der Waals surface area (Å²) in [4.78, 5) is 2.20. The van der Waals surface area contributed by atoms with E-state index in [1.54, 1.807) is 0 Å². The zero-order valence-electron chi connectivity index (χ0n) is 9.62. The van der Waals surface area contributed by atoms with E-state index in [4.69, 9.17) is 4.74 Å². The molecule has 0 bridgehead atoms. The molecule has 1 saturated heterocycles. The molecule has 0 aromatic carbocycles. The molecule has 0 aliphatic carbocycles. The van der Waals surface area contributed by atoms with Crippen LogP contribution in [0.15, 0.2) is 0 Å². The number of rotatable bonds is 5. The van der Waals surface area contributed by atoms with Crippen LogP contribution in [-0.4, -0.2) is 48.5 Å². The van der Waals surface area contributed by atoms with Crippen LogP contribution in [0.3, 0.4) is 0 Å². The summed E-state index contributed by atoms with van der Waals surface area (Å²) in [7, 11) is 2.06. The van der Waals surface area contributed by atoms with Crippen LogP contribution >= 0.6 is 0 Å². The first kappa shape index (κ1) is 12.0. The molecule has 1 rings (SSSR count). The minimum absolute atomic E-state index is 0.112. The number of ether oxygens (including phenoxy) is 1. The average molecular weight is 201 g/mol. The van der Waals surface area contributed by atoms with Gasteiger partial charge in [0.2, 0.25) is 0 Å². The fourth-order valence-electron chi connectivity index (χ4n) is 1.63. The highest BCUT2D eigenvalue weighted by Crippen LogP contribution is 2.18. The third-order valence-corrected chi connectivity index (χ3v) is 3.23. The smallest absolute Gasteiger partial charge is 0.0609 e. The van der Waals surface area contributed by atoms with Crippen LogP contribution in [0.1, 0.15) is 33.1 Å². The first-order valence-corrected chi connectivity index (χ1v) is 5.50. The van der Waals surface area contributed by atoms with Crippen molar-refractivity contribution in [1.29, 1.82) is 0 Å². The summed E-state index contributed by atoms with van der Waals surface area (Å²) in [5.74, 6) is 0. The van der Waals surface area contributed by atoms with Crippen molar-refractivity contribution >= 4 is 0 Å². The zero-order valence-corrected chi connectivity index (χ0v) is 9.62. The number of aliphatic hydroxyl groups is 1. The molecule has 1 unspecified atom stereocenters. The molecular weight excluding hydrogens is 178 g/mol. The van der Waals surface area contributed by atoms with Crippen molar-refractivity contribution in [2.24, 2.45) is 0 Å². The summed E-state index contributed by atoms with van der Waals surface area (Å²) >= 11 is 0. The van der Waals surface area contributed by atoms with E-state index in [0.29, 0.717) is 6.10 Å². The first-order chi connectivity index (χ1) is 6.56. The lowest BCUT2D eigenvalue weighted by atomic mass is 10.0. The van der Waals surface area contributed by atoms with Crippen LogP contribution in [0, 0.1) is 0 Å². The maximum absolute atomic E-state index is 9.18. The fraction of sp³-hybridized carbons (Fsp3) is 1.00. The van der Waals surface area contributed by atoms with E-state index in [9.17, 15) is 5.11 Å². The minimum Gasteiger partial charge on any atom is -0.394 e. The Kier molecular flexibility index (Phi) is 4.35. The summed E-state index contributed by atoms with van der Waals surface area (Å²) in [6, 6.07) is 0. The SMILES string of the molecule is CN(CCC1CCCO1)C(C)(C)CO. The van der Waals surface area contributed by atoms with Gasteiger partial charge in [0.25, 0.3) is 0 Å². The van der Waals surface area contributed by atoms with Crippen LogP contribution in [0.5, 0.6) is 0 Å². The van der Waals surface area contributed by atoms with Crippen molar-refractivity contribution in [2.75, 3.05) is 26.8 Å². The van der Waals surface area contributed by atoms with E-state index in [1.807, 2.05) is 0 Å². The molecule has 0 aromatic heterocycles. The summed E-state index contributed by atoms with van der Waals surface area (Å²) in [6.45, 7) is 6.25. The van der Waals surface area contributed by atoms with E-state index in [0.717, 1.165) is 19.6 Å². The Balaban J connectivity index is 2.22. The molecule has 0 amide bonds. The molecule has 84 valence electrons. The van der Waals surface area contributed by atoms with Crippen LogP contribution < -0.4 is 0 Å². The van der Waals surface area contributed by atoms with E-state index >= 15 is 0 Å². The molecule has 3 nitrogen and oxygen atoms in total. The summed E-state index contributed by atoms with van der Waals surface area (Å²) in [5.41, 5.74) is -0.112. The summed E-state index contributed by atoms with van der Waals surface area (Å²) in [5, 5.41) is 9.18. The topological polar surface area (TPSA) is 32.7 Å². The largest absolute Gasteiger partial charge is 0.394 e. The maximum atomic E-state index is 9.18. The molecule has 0 spiro atoms. The van der Waals surface area contributed by atoms with E-state index in [2.05, 4.69) is 25.8 Å². The predicted octanol–water partition coefficient (Wildman–Crippen LogP) is 1.26. The standard InChI is InChI=1S/C11H23NO2/c1-11(2,9-13)12(3)7-6-10-5-4-8-14-10/h10,13H,4-9H2,1-3H3. The molecule has 0 saturated carbocycles. The van der Waals surface area contributed by atoms with Crippen molar-refractivity contribution in [2.45, 2.75) is 44.8 Å². The average Bonchev–Trinajstić information content (AvgIpc) is 2.66. The van der Waals surface area contributed by atoms with Crippen LogP contribution in [0.4, 0.5) is 0 Å². The zero-order chi connectivity index (χ0) is 10.6. The van der Waals surface area contributed by atoms with Gasteiger partial charge in [-0.2, -0.15) is 0 Å². The Morgan fingerprint density at radius 1 is 1.50 bits per heavy atom. The monoisotopic (exact) mass is 201 g/mol. The number of aliphatic hydroxyl groups excluding tert-OH is 1. The predicted molar refractivity (Wildman–Crippen MR) is 57.4 cm³/mol. The second-order valence-corrected chi connectivity index (χ2v) is 4.82. The number of hydrogen-bond acceptors (Lipinski definition) is 3. The van der Waals surface area contributed by atoms with Crippen molar-refractivity contribution < 1.29 is 9.84 Å². The Hall–Kier alpha value is -0.120. The van der Waals surface area contributed by atoms with E-state index in [1.165, 1.54) is 12.8 Å². The lowest BCUT2D eigenvalue weighted by Gasteiger charge is -2.34. The quantitative estimate of drug-likeness (QED) is 0.727. The normalized spacial score (nSPS) is 23.4. The Morgan fingerprint density at radius 3 is 2.71 bits per heavy atom. The summed E-state index contributed by atoms with van der Waals surface area (Å²) in [6.07, 6.45) is 3.94. The molecule has 1 heterocycles. The number of nitrogens with zero attached hydrogens (tertiary/aromatic N) is 1. The van der Waals surface area contributed by atoms with Gasteiger partial charge in [0, 0.05) is 18.7 Å². The number of hydrogen-bond donors (Lipinski definition) is 1. The van der Waals surface area contributed by atoms with Crippen LogP contribution in [0.25, 0.3) is 0 Å². The van der Waals surface area contributed by atoms with Crippen LogP contribution in [0.2, 0.25) is 0 Å². The second kappa shape index (κ2) is 5.10. The van der Waals surface area contributed by atoms with Crippen molar-refractivity contribution in [3.8, 4) is 0 Å². The van der Waals surface area contributed by atoms with Gasteiger partial charge in [-0.1, -0.05) is 0 Å². The van der Waals surface area contributed by atoms with Gasteiger partial charge in [-0.05, 0) is 40.2 Å². The van der Waals surface area contributed by atoms with Gasteiger partial charge in [-0.15, -0.1) is 0 Å². The van der Waals surface area contributed by atoms with Crippen molar-refractivity contribution in [3.63, 3.8) is 0 Å². The van der Waals surface area contributed by atoms with Gasteiger partial charge in [0.15, 0.2) is 0 Å². The van der Waals surface area contributed by atoms with E-state index < -0.39 is 0 Å². The molecule has 1 aliphatic rings. The fourth-order valence-corrected chi connectivity index (χ4v) is 1.63. The Labute approximate surface area is 87.1 Å². The molecule has 1 fully saturated rings. The molecule has 0 radical (unpaired) electrons. The third kappa shape index (κ3) is 3.23. The van der Waals surface area contributed by atoms with Crippen molar-refractivity contribution in [1.82, 2.24) is 4.90 Å². The molecule has 1 N–H and O–H groups in total. The van der Waals surface area contributed by atoms with Gasteiger partial charge < -0.3 is 9.84 Å². The maximum Gasteiger partial charge on any atom is 0.0609 e. The van der Waals surface area contributed by atoms with Gasteiger partial charge in [-0.25, -0.2) is 0 Å². The summed E-state index contributed by atoms with van der Waals surface area (Å²) < 4.78 is 5.56. The highest BCUT2D eigenvalue weighted by molar-refractivity contribution is 4.79. The molecule has 0 aromatic rings. The molecular formula is C11H23NO2.